The number of amides is 1. The zero-order valence-corrected chi connectivity index (χ0v) is 16.1. The molecule has 2 aliphatic rings. The summed E-state index contributed by atoms with van der Waals surface area (Å²) >= 11 is 0. The predicted molar refractivity (Wildman–Crippen MR) is 99.2 cm³/mol. The van der Waals surface area contributed by atoms with Crippen LogP contribution in [0, 0.1) is 10.1 Å². The SMILES string of the molecule is O=C(NO)C1(S(=O)N2CCC(Oc3ccc([N+](=O)[O-])cc3)CC2)CCOCC1. The standard InChI is InChI=1S/C17H23N3O7S/c21-16(18-22)17(7-11-26-12-8-17)28(25)19-9-5-15(6-10-19)27-14-3-1-13(2-4-14)20(23)24/h1-4,15,22H,5-12H2,(H,18,21). The van der Waals surface area contributed by atoms with E-state index in [0.717, 1.165) is 0 Å². The Labute approximate surface area is 164 Å². The molecule has 2 aliphatic heterocycles. The summed E-state index contributed by atoms with van der Waals surface area (Å²) in [5.41, 5.74) is 1.66. The minimum atomic E-state index is -1.60. The van der Waals surface area contributed by atoms with Crippen molar-refractivity contribution < 1.29 is 28.6 Å². The molecule has 10 nitrogen and oxygen atoms in total. The summed E-state index contributed by atoms with van der Waals surface area (Å²) in [7, 11) is -1.60. The van der Waals surface area contributed by atoms with Crippen LogP contribution in [-0.2, 0) is 20.5 Å². The summed E-state index contributed by atoms with van der Waals surface area (Å²) in [6, 6.07) is 5.90. The molecular formula is C17H23N3O7S. The minimum absolute atomic E-state index is 0.00138. The van der Waals surface area contributed by atoms with Gasteiger partial charge in [-0.2, -0.15) is 0 Å². The second-order valence-electron chi connectivity index (χ2n) is 6.79. The lowest BCUT2D eigenvalue weighted by molar-refractivity contribution is -0.384. The monoisotopic (exact) mass is 413 g/mol. The number of nitrogens with zero attached hydrogens (tertiary/aromatic N) is 2. The molecule has 2 N–H and O–H groups in total. The Bertz CT molecular complexity index is 729. The fourth-order valence-electron chi connectivity index (χ4n) is 3.49. The number of hydrogen-bond donors (Lipinski definition) is 2. The third-order valence-electron chi connectivity index (χ3n) is 5.14. The molecule has 11 heteroatoms. The Kier molecular flexibility index (Phi) is 6.60. The molecule has 2 fully saturated rings. The fourth-order valence-corrected chi connectivity index (χ4v) is 5.24. The van der Waals surface area contributed by atoms with E-state index in [0.29, 0.717) is 44.9 Å². The summed E-state index contributed by atoms with van der Waals surface area (Å²) in [6.07, 6.45) is 1.68. The van der Waals surface area contributed by atoms with E-state index in [9.17, 15) is 19.1 Å². The highest BCUT2D eigenvalue weighted by molar-refractivity contribution is 7.85. The van der Waals surface area contributed by atoms with E-state index in [1.54, 1.807) is 21.9 Å². The first-order valence-electron chi connectivity index (χ1n) is 9.06. The smallest absolute Gasteiger partial charge is 0.269 e. The maximum absolute atomic E-state index is 13.1. The number of rotatable bonds is 6. The van der Waals surface area contributed by atoms with Gasteiger partial charge >= 0.3 is 0 Å². The number of non-ortho nitro benzene ring substituents is 1. The Morgan fingerprint density at radius 3 is 2.43 bits per heavy atom. The molecule has 2 heterocycles. The molecule has 1 amide bonds. The third-order valence-corrected chi connectivity index (χ3v) is 7.23. The van der Waals surface area contributed by atoms with Crippen molar-refractivity contribution in [1.29, 1.82) is 0 Å². The van der Waals surface area contributed by atoms with E-state index in [4.69, 9.17) is 14.7 Å². The van der Waals surface area contributed by atoms with E-state index in [1.807, 2.05) is 0 Å². The van der Waals surface area contributed by atoms with Crippen LogP contribution in [0.15, 0.2) is 24.3 Å². The van der Waals surface area contributed by atoms with Gasteiger partial charge in [-0.25, -0.2) is 14.0 Å². The molecule has 1 aromatic carbocycles. The van der Waals surface area contributed by atoms with Crippen molar-refractivity contribution in [3.05, 3.63) is 34.4 Å². The van der Waals surface area contributed by atoms with E-state index in [1.165, 1.54) is 12.1 Å². The van der Waals surface area contributed by atoms with Crippen molar-refractivity contribution in [2.45, 2.75) is 36.5 Å². The minimum Gasteiger partial charge on any atom is -0.490 e. The quantitative estimate of drug-likeness (QED) is 0.406. The summed E-state index contributed by atoms with van der Waals surface area (Å²) in [4.78, 5) is 22.5. The van der Waals surface area contributed by atoms with Crippen molar-refractivity contribution in [2.75, 3.05) is 26.3 Å². The zero-order valence-electron chi connectivity index (χ0n) is 15.2. The van der Waals surface area contributed by atoms with Crippen LogP contribution in [0.1, 0.15) is 25.7 Å². The van der Waals surface area contributed by atoms with Crippen molar-refractivity contribution >= 4 is 22.6 Å². The van der Waals surface area contributed by atoms with Crippen LogP contribution in [0.5, 0.6) is 5.75 Å². The predicted octanol–water partition coefficient (Wildman–Crippen LogP) is 1.16. The Morgan fingerprint density at radius 1 is 1.29 bits per heavy atom. The lowest BCUT2D eigenvalue weighted by Crippen LogP contribution is -2.57. The van der Waals surface area contributed by atoms with Crippen molar-refractivity contribution in [2.24, 2.45) is 0 Å². The first-order valence-corrected chi connectivity index (χ1v) is 10.2. The second kappa shape index (κ2) is 8.95. The van der Waals surface area contributed by atoms with Crippen LogP contribution >= 0.6 is 0 Å². The average molecular weight is 413 g/mol. The van der Waals surface area contributed by atoms with E-state index in [2.05, 4.69) is 0 Å². The molecule has 0 aromatic heterocycles. The largest absolute Gasteiger partial charge is 0.490 e. The van der Waals surface area contributed by atoms with Gasteiger partial charge < -0.3 is 9.47 Å². The molecule has 0 radical (unpaired) electrons. The molecule has 28 heavy (non-hydrogen) atoms. The maximum atomic E-state index is 13.1. The highest BCUT2D eigenvalue weighted by atomic mass is 32.2. The van der Waals surface area contributed by atoms with Gasteiger partial charge in [0.1, 0.15) is 27.6 Å². The summed E-state index contributed by atoms with van der Waals surface area (Å²) in [5, 5.41) is 19.8. The van der Waals surface area contributed by atoms with Crippen LogP contribution in [0.2, 0.25) is 0 Å². The van der Waals surface area contributed by atoms with Crippen LogP contribution in [0.4, 0.5) is 5.69 Å². The van der Waals surface area contributed by atoms with E-state index >= 15 is 0 Å². The molecule has 0 saturated carbocycles. The number of nitro benzene ring substituents is 1. The number of carbonyl (C=O) groups excluding carboxylic acids is 1. The molecule has 0 aliphatic carbocycles. The molecule has 2 saturated heterocycles. The number of hydroxylamine groups is 1. The maximum Gasteiger partial charge on any atom is 0.269 e. The Hall–Kier alpha value is -2.08. The van der Waals surface area contributed by atoms with Crippen molar-refractivity contribution in [3.63, 3.8) is 0 Å². The number of nitrogens with one attached hydrogen (secondary N) is 1. The highest BCUT2D eigenvalue weighted by Gasteiger charge is 2.48. The number of ether oxygens (including phenoxy) is 2. The third kappa shape index (κ3) is 4.32. The number of benzene rings is 1. The number of hydrogen-bond acceptors (Lipinski definition) is 7. The normalized spacial score (nSPS) is 21.6. The number of piperidine rings is 1. The number of carbonyl (C=O) groups is 1. The molecule has 3 rings (SSSR count). The van der Waals surface area contributed by atoms with Crippen LogP contribution in [0.3, 0.4) is 0 Å². The average Bonchev–Trinajstić information content (AvgIpc) is 2.74. The molecule has 1 unspecified atom stereocenters. The molecule has 0 bridgehead atoms. The van der Waals surface area contributed by atoms with Crippen LogP contribution in [-0.4, -0.2) is 61.7 Å². The first-order chi connectivity index (χ1) is 13.5. The van der Waals surface area contributed by atoms with Crippen molar-refractivity contribution in [3.8, 4) is 5.75 Å². The van der Waals surface area contributed by atoms with E-state index < -0.39 is 26.6 Å². The van der Waals surface area contributed by atoms with Gasteiger partial charge in [-0.05, 0) is 37.8 Å². The van der Waals surface area contributed by atoms with Crippen molar-refractivity contribution in [1.82, 2.24) is 9.79 Å². The Balaban J connectivity index is 1.58. The fraction of sp³-hybridized carbons (Fsp3) is 0.588. The molecule has 1 aromatic rings. The zero-order chi connectivity index (χ0) is 20.1. The molecule has 1 atom stereocenters. The van der Waals surface area contributed by atoms with Crippen LogP contribution < -0.4 is 10.2 Å². The van der Waals surface area contributed by atoms with Gasteiger partial charge in [0.05, 0.1) is 4.92 Å². The molecule has 0 spiro atoms. The van der Waals surface area contributed by atoms with Gasteiger partial charge in [0.15, 0.2) is 0 Å². The number of nitro groups is 1. The highest BCUT2D eigenvalue weighted by Crippen LogP contribution is 2.32. The van der Waals surface area contributed by atoms with Gasteiger partial charge in [0.2, 0.25) is 0 Å². The first kappa shape index (κ1) is 20.6. The van der Waals surface area contributed by atoms with Gasteiger partial charge in [-0.3, -0.25) is 20.1 Å². The lowest BCUT2D eigenvalue weighted by atomic mass is 9.98. The summed E-state index contributed by atoms with van der Waals surface area (Å²) in [6.45, 7) is 1.59. The van der Waals surface area contributed by atoms with Gasteiger partial charge in [0.25, 0.3) is 11.6 Å². The van der Waals surface area contributed by atoms with E-state index in [-0.39, 0.29) is 24.6 Å². The summed E-state index contributed by atoms with van der Waals surface area (Å²) < 4.78 is 24.9. The van der Waals surface area contributed by atoms with Crippen LogP contribution in [0.25, 0.3) is 0 Å². The molecular weight excluding hydrogens is 390 g/mol. The topological polar surface area (TPSA) is 131 Å². The summed E-state index contributed by atoms with van der Waals surface area (Å²) in [5.74, 6) is -0.0934. The second-order valence-corrected chi connectivity index (χ2v) is 8.59. The lowest BCUT2D eigenvalue weighted by Gasteiger charge is -2.40. The van der Waals surface area contributed by atoms with Gasteiger partial charge in [-0.1, -0.05) is 0 Å². The molecule has 154 valence electrons. The Morgan fingerprint density at radius 2 is 1.89 bits per heavy atom. The van der Waals surface area contributed by atoms with Gasteiger partial charge in [0, 0.05) is 38.4 Å². The van der Waals surface area contributed by atoms with Gasteiger partial charge in [-0.15, -0.1) is 0 Å².